The number of ether oxygens (including phenoxy) is 1. The maximum absolute atomic E-state index is 12.7. The van der Waals surface area contributed by atoms with E-state index in [-0.39, 0.29) is 18.3 Å². The highest BCUT2D eigenvalue weighted by molar-refractivity contribution is 8.00. The van der Waals surface area contributed by atoms with Crippen LogP contribution in [-0.2, 0) is 4.79 Å². The van der Waals surface area contributed by atoms with E-state index in [0.717, 1.165) is 0 Å². The van der Waals surface area contributed by atoms with E-state index in [4.69, 9.17) is 20.8 Å². The minimum atomic E-state index is -0.420. The number of fused-ring (bicyclic) bond motifs is 2. The van der Waals surface area contributed by atoms with Crippen molar-refractivity contribution in [2.75, 3.05) is 11.9 Å². The summed E-state index contributed by atoms with van der Waals surface area (Å²) in [5.41, 5.74) is 2.24. The Hall–Kier alpha value is -2.51. The van der Waals surface area contributed by atoms with Gasteiger partial charge in [-0.05, 0) is 37.3 Å². The van der Waals surface area contributed by atoms with Crippen molar-refractivity contribution in [2.24, 2.45) is 0 Å². The third-order valence-corrected chi connectivity index (χ3v) is 5.05. The van der Waals surface area contributed by atoms with Gasteiger partial charge in [0.2, 0.25) is 0 Å². The summed E-state index contributed by atoms with van der Waals surface area (Å²) < 4.78 is 11.0. The lowest BCUT2D eigenvalue weighted by atomic mass is 10.1. The maximum Gasteiger partial charge on any atom is 0.262 e. The van der Waals surface area contributed by atoms with Crippen LogP contribution in [0, 0.1) is 0 Å². The first-order valence-corrected chi connectivity index (χ1v) is 9.09. The van der Waals surface area contributed by atoms with Crippen molar-refractivity contribution in [2.45, 2.75) is 17.4 Å². The second kappa shape index (κ2) is 6.66. The first-order valence-electron chi connectivity index (χ1n) is 7.83. The number of anilines is 1. The van der Waals surface area contributed by atoms with Crippen molar-refractivity contribution in [3.8, 4) is 5.75 Å². The van der Waals surface area contributed by atoms with Gasteiger partial charge >= 0.3 is 0 Å². The fourth-order valence-electron chi connectivity index (χ4n) is 2.60. The molecule has 4 rings (SSSR count). The predicted molar refractivity (Wildman–Crippen MR) is 99.2 cm³/mol. The summed E-state index contributed by atoms with van der Waals surface area (Å²) in [4.78, 5) is 28.5. The number of oxazole rings is 1. The van der Waals surface area contributed by atoms with E-state index >= 15 is 0 Å². The molecule has 0 fully saturated rings. The topological polar surface area (TPSA) is 81.4 Å². The quantitative estimate of drug-likeness (QED) is 0.533. The number of aromatic nitrogens is 1. The van der Waals surface area contributed by atoms with Crippen LogP contribution in [0.2, 0.25) is 5.02 Å². The number of nitrogens with zero attached hydrogens (tertiary/aromatic N) is 1. The summed E-state index contributed by atoms with van der Waals surface area (Å²) in [6.07, 6.45) is 0. The Balaban J connectivity index is 1.53. The van der Waals surface area contributed by atoms with Crippen molar-refractivity contribution < 1.29 is 18.7 Å². The number of halogens is 1. The van der Waals surface area contributed by atoms with Crippen LogP contribution in [0.5, 0.6) is 5.75 Å². The molecule has 3 aromatic rings. The normalized spacial score (nSPS) is 14.5. The van der Waals surface area contributed by atoms with E-state index in [1.54, 1.807) is 43.3 Å². The molecule has 1 aliphatic heterocycles. The number of Topliss-reactive ketones (excluding diaryl/α,β-unsaturated/α-hetero) is 1. The van der Waals surface area contributed by atoms with E-state index in [1.165, 1.54) is 11.8 Å². The third-order valence-electron chi connectivity index (χ3n) is 3.87. The molecule has 0 aliphatic carbocycles. The molecule has 1 atom stereocenters. The second-order valence-electron chi connectivity index (χ2n) is 5.76. The Kier molecular flexibility index (Phi) is 4.34. The zero-order valence-electron chi connectivity index (χ0n) is 13.6. The fraction of sp³-hybridized carbons (Fsp3) is 0.167. The molecule has 0 bridgehead atoms. The van der Waals surface area contributed by atoms with Gasteiger partial charge in [0.15, 0.2) is 18.0 Å². The highest BCUT2D eigenvalue weighted by Crippen LogP contribution is 2.32. The molecule has 6 nitrogen and oxygen atoms in total. The SMILES string of the molecule is CC(Sc1nc2ccc(Cl)cc2o1)C(=O)c1ccc2c(c1)NC(=O)CO2. The largest absolute Gasteiger partial charge is 0.482 e. The van der Waals surface area contributed by atoms with E-state index in [2.05, 4.69) is 10.3 Å². The second-order valence-corrected chi connectivity index (χ2v) is 7.49. The maximum atomic E-state index is 12.7. The molecule has 26 heavy (non-hydrogen) atoms. The van der Waals surface area contributed by atoms with Crippen LogP contribution in [0.4, 0.5) is 5.69 Å². The van der Waals surface area contributed by atoms with Crippen LogP contribution in [-0.4, -0.2) is 28.5 Å². The van der Waals surface area contributed by atoms with E-state index in [0.29, 0.717) is 38.3 Å². The Bertz CT molecular complexity index is 1030. The number of carbonyl (C=O) groups is 2. The highest BCUT2D eigenvalue weighted by Gasteiger charge is 2.22. The molecule has 0 spiro atoms. The standard InChI is InChI=1S/C18H13ClN2O4S/c1-9(26-18-21-12-4-3-11(19)7-15(12)25-18)17(23)10-2-5-14-13(6-10)20-16(22)8-24-14/h2-7,9H,8H2,1H3,(H,20,22). The van der Waals surface area contributed by atoms with Gasteiger partial charge in [-0.3, -0.25) is 9.59 Å². The first-order chi connectivity index (χ1) is 12.5. The van der Waals surface area contributed by atoms with Crippen LogP contribution < -0.4 is 10.1 Å². The summed E-state index contributed by atoms with van der Waals surface area (Å²) in [6, 6.07) is 10.2. The number of hydrogen-bond donors (Lipinski definition) is 1. The Morgan fingerprint density at radius 2 is 2.15 bits per heavy atom. The average Bonchev–Trinajstić information content (AvgIpc) is 3.01. The minimum Gasteiger partial charge on any atom is -0.482 e. The van der Waals surface area contributed by atoms with E-state index in [1.807, 2.05) is 0 Å². The van der Waals surface area contributed by atoms with Gasteiger partial charge < -0.3 is 14.5 Å². The summed E-state index contributed by atoms with van der Waals surface area (Å²) in [7, 11) is 0. The van der Waals surface area contributed by atoms with Crippen molar-refractivity contribution in [1.29, 1.82) is 0 Å². The number of amides is 1. The van der Waals surface area contributed by atoms with Gasteiger partial charge in [0.25, 0.3) is 11.1 Å². The zero-order valence-corrected chi connectivity index (χ0v) is 15.2. The Labute approximate surface area is 157 Å². The van der Waals surface area contributed by atoms with Crippen molar-refractivity contribution in [3.63, 3.8) is 0 Å². The van der Waals surface area contributed by atoms with E-state index in [9.17, 15) is 9.59 Å². The molecule has 0 radical (unpaired) electrons. The van der Waals surface area contributed by atoms with Crippen LogP contribution in [0.25, 0.3) is 11.1 Å². The van der Waals surface area contributed by atoms with Crippen LogP contribution >= 0.6 is 23.4 Å². The van der Waals surface area contributed by atoms with Crippen molar-refractivity contribution >= 4 is 51.8 Å². The third kappa shape index (κ3) is 3.27. The van der Waals surface area contributed by atoms with Crippen LogP contribution in [0.1, 0.15) is 17.3 Å². The lowest BCUT2D eigenvalue weighted by molar-refractivity contribution is -0.118. The summed E-state index contributed by atoms with van der Waals surface area (Å²) in [6.45, 7) is 1.76. The van der Waals surface area contributed by atoms with Gasteiger partial charge in [-0.25, -0.2) is 4.98 Å². The van der Waals surface area contributed by atoms with Gasteiger partial charge in [0.1, 0.15) is 11.3 Å². The molecular weight excluding hydrogens is 376 g/mol. The monoisotopic (exact) mass is 388 g/mol. The molecule has 1 N–H and O–H groups in total. The molecular formula is C18H13ClN2O4S. The first kappa shape index (κ1) is 16.9. The van der Waals surface area contributed by atoms with Gasteiger partial charge in [0.05, 0.1) is 10.9 Å². The zero-order chi connectivity index (χ0) is 18.3. The molecule has 132 valence electrons. The molecule has 1 unspecified atom stereocenters. The molecule has 2 aromatic carbocycles. The Morgan fingerprint density at radius 1 is 1.31 bits per heavy atom. The van der Waals surface area contributed by atoms with E-state index < -0.39 is 5.25 Å². The van der Waals surface area contributed by atoms with Crippen molar-refractivity contribution in [1.82, 2.24) is 4.98 Å². The minimum absolute atomic E-state index is 0.0196. The van der Waals surface area contributed by atoms with Crippen molar-refractivity contribution in [3.05, 3.63) is 47.0 Å². The number of thioether (sulfide) groups is 1. The smallest absolute Gasteiger partial charge is 0.262 e. The lowest BCUT2D eigenvalue weighted by Gasteiger charge is -2.18. The average molecular weight is 389 g/mol. The molecule has 1 aromatic heterocycles. The number of hydrogen-bond acceptors (Lipinski definition) is 6. The van der Waals surface area contributed by atoms with Crippen LogP contribution in [0.15, 0.2) is 46.0 Å². The lowest BCUT2D eigenvalue weighted by Crippen LogP contribution is -2.25. The number of ketones is 1. The number of rotatable bonds is 4. The fourth-order valence-corrected chi connectivity index (χ4v) is 3.60. The van der Waals surface area contributed by atoms with Crippen LogP contribution in [0.3, 0.4) is 0 Å². The number of benzene rings is 2. The molecule has 1 aliphatic rings. The molecule has 0 saturated carbocycles. The highest BCUT2D eigenvalue weighted by atomic mass is 35.5. The summed E-state index contributed by atoms with van der Waals surface area (Å²) in [5.74, 6) is 0.213. The van der Waals surface area contributed by atoms with Gasteiger partial charge in [-0.1, -0.05) is 23.4 Å². The molecule has 1 amide bonds. The van der Waals surface area contributed by atoms with Gasteiger partial charge in [-0.2, -0.15) is 0 Å². The molecule has 0 saturated heterocycles. The molecule has 8 heteroatoms. The number of carbonyl (C=O) groups excluding carboxylic acids is 2. The predicted octanol–water partition coefficient (Wildman–Crippen LogP) is 4.18. The van der Waals surface area contributed by atoms with Gasteiger partial charge in [0, 0.05) is 16.7 Å². The molecule has 2 heterocycles. The summed E-state index contributed by atoms with van der Waals surface area (Å²) in [5, 5.41) is 3.24. The Morgan fingerprint density at radius 3 is 3.00 bits per heavy atom. The number of nitrogens with one attached hydrogen (secondary N) is 1. The summed E-state index contributed by atoms with van der Waals surface area (Å²) >= 11 is 7.17. The van der Waals surface area contributed by atoms with Gasteiger partial charge in [-0.15, -0.1) is 0 Å².